The van der Waals surface area contributed by atoms with Gasteiger partial charge in [0.25, 0.3) is 0 Å². The molecule has 0 heterocycles. The summed E-state index contributed by atoms with van der Waals surface area (Å²) < 4.78 is 5.20. The number of benzene rings is 2. The molecule has 23 heavy (non-hydrogen) atoms. The molecule has 0 saturated heterocycles. The van der Waals surface area contributed by atoms with E-state index in [1.807, 2.05) is 47.4 Å². The van der Waals surface area contributed by atoms with E-state index in [0.717, 1.165) is 36.3 Å². The number of ether oxygens (including phenoxy) is 1. The van der Waals surface area contributed by atoms with E-state index in [4.69, 9.17) is 4.74 Å². The SMILES string of the molecule is CCCCCC(=O)N(Cc1ccccc1)c1ccc(OC)cc1. The summed E-state index contributed by atoms with van der Waals surface area (Å²) in [6.45, 7) is 2.74. The predicted molar refractivity (Wildman–Crippen MR) is 94.8 cm³/mol. The Kier molecular flexibility index (Phi) is 6.67. The molecule has 0 bridgehead atoms. The summed E-state index contributed by atoms with van der Waals surface area (Å²) in [7, 11) is 1.65. The van der Waals surface area contributed by atoms with Crippen molar-refractivity contribution in [2.75, 3.05) is 12.0 Å². The number of methoxy groups -OCH3 is 1. The molecule has 2 aromatic carbocycles. The highest BCUT2D eigenvalue weighted by Gasteiger charge is 2.16. The van der Waals surface area contributed by atoms with Gasteiger partial charge in [-0.2, -0.15) is 0 Å². The van der Waals surface area contributed by atoms with Gasteiger partial charge in [-0.25, -0.2) is 0 Å². The number of unbranched alkanes of at least 4 members (excludes halogenated alkanes) is 2. The van der Waals surface area contributed by atoms with E-state index in [9.17, 15) is 4.79 Å². The van der Waals surface area contributed by atoms with Crippen molar-refractivity contribution in [3.63, 3.8) is 0 Å². The van der Waals surface area contributed by atoms with E-state index in [2.05, 4.69) is 19.1 Å². The summed E-state index contributed by atoms with van der Waals surface area (Å²) in [5, 5.41) is 0. The Hall–Kier alpha value is -2.29. The average molecular weight is 311 g/mol. The average Bonchev–Trinajstić information content (AvgIpc) is 2.61. The lowest BCUT2D eigenvalue weighted by molar-refractivity contribution is -0.118. The molecule has 0 aliphatic carbocycles. The highest BCUT2D eigenvalue weighted by atomic mass is 16.5. The third-order valence-corrected chi connectivity index (χ3v) is 3.86. The van der Waals surface area contributed by atoms with E-state index >= 15 is 0 Å². The lowest BCUT2D eigenvalue weighted by Crippen LogP contribution is -2.30. The molecule has 0 fully saturated rings. The van der Waals surface area contributed by atoms with Gasteiger partial charge in [-0.3, -0.25) is 4.79 Å². The lowest BCUT2D eigenvalue weighted by atomic mass is 10.1. The van der Waals surface area contributed by atoms with Gasteiger partial charge in [0.05, 0.1) is 13.7 Å². The zero-order valence-electron chi connectivity index (χ0n) is 14.0. The number of hydrogen-bond donors (Lipinski definition) is 0. The molecule has 0 radical (unpaired) electrons. The fourth-order valence-electron chi connectivity index (χ4n) is 2.51. The van der Waals surface area contributed by atoms with Gasteiger partial charge in [-0.15, -0.1) is 0 Å². The predicted octanol–water partition coefficient (Wildman–Crippen LogP) is 4.81. The standard InChI is InChI=1S/C20H25NO2/c1-3-4-6-11-20(22)21(16-17-9-7-5-8-10-17)18-12-14-19(23-2)15-13-18/h5,7-10,12-15H,3-4,6,11,16H2,1-2H3. The Morgan fingerprint density at radius 2 is 1.70 bits per heavy atom. The highest BCUT2D eigenvalue weighted by molar-refractivity contribution is 5.93. The van der Waals surface area contributed by atoms with Crippen LogP contribution in [0, 0.1) is 0 Å². The number of carbonyl (C=O) groups is 1. The van der Waals surface area contributed by atoms with E-state index in [1.54, 1.807) is 7.11 Å². The van der Waals surface area contributed by atoms with Crippen molar-refractivity contribution in [1.29, 1.82) is 0 Å². The number of anilines is 1. The van der Waals surface area contributed by atoms with Gasteiger partial charge in [0.1, 0.15) is 5.75 Å². The van der Waals surface area contributed by atoms with Crippen LogP contribution in [0.2, 0.25) is 0 Å². The minimum Gasteiger partial charge on any atom is -0.497 e. The molecular formula is C20H25NO2. The van der Waals surface area contributed by atoms with Crippen LogP contribution in [-0.2, 0) is 11.3 Å². The molecule has 2 rings (SSSR count). The highest BCUT2D eigenvalue weighted by Crippen LogP contribution is 2.22. The molecule has 0 unspecified atom stereocenters. The summed E-state index contributed by atoms with van der Waals surface area (Å²) >= 11 is 0. The van der Waals surface area contributed by atoms with E-state index in [0.29, 0.717) is 13.0 Å². The minimum absolute atomic E-state index is 0.174. The van der Waals surface area contributed by atoms with Crippen LogP contribution >= 0.6 is 0 Å². The number of nitrogens with zero attached hydrogens (tertiary/aromatic N) is 1. The van der Waals surface area contributed by atoms with Crippen molar-refractivity contribution < 1.29 is 9.53 Å². The Morgan fingerprint density at radius 3 is 2.30 bits per heavy atom. The van der Waals surface area contributed by atoms with Crippen molar-refractivity contribution in [2.24, 2.45) is 0 Å². The molecule has 3 heteroatoms. The molecule has 0 aliphatic rings. The first-order valence-electron chi connectivity index (χ1n) is 8.23. The normalized spacial score (nSPS) is 10.3. The monoisotopic (exact) mass is 311 g/mol. The third kappa shape index (κ3) is 5.13. The Bertz CT molecular complexity index is 593. The lowest BCUT2D eigenvalue weighted by Gasteiger charge is -2.23. The molecule has 0 spiro atoms. The second-order valence-corrected chi connectivity index (χ2v) is 5.62. The van der Waals surface area contributed by atoms with Crippen LogP contribution in [0.5, 0.6) is 5.75 Å². The zero-order valence-corrected chi connectivity index (χ0v) is 14.0. The molecular weight excluding hydrogens is 286 g/mol. The molecule has 0 N–H and O–H groups in total. The first-order chi connectivity index (χ1) is 11.2. The summed E-state index contributed by atoms with van der Waals surface area (Å²) in [6, 6.07) is 17.8. The second kappa shape index (κ2) is 8.99. The maximum Gasteiger partial charge on any atom is 0.227 e. The van der Waals surface area contributed by atoms with Crippen molar-refractivity contribution in [2.45, 2.75) is 39.2 Å². The van der Waals surface area contributed by atoms with Crippen molar-refractivity contribution in [3.8, 4) is 5.75 Å². The number of amides is 1. The molecule has 2 aromatic rings. The van der Waals surface area contributed by atoms with Gasteiger partial charge < -0.3 is 9.64 Å². The summed E-state index contributed by atoms with van der Waals surface area (Å²) in [6.07, 6.45) is 3.74. The maximum absolute atomic E-state index is 12.7. The van der Waals surface area contributed by atoms with Gasteiger partial charge in [0.2, 0.25) is 5.91 Å². The smallest absolute Gasteiger partial charge is 0.227 e. The molecule has 0 aliphatic heterocycles. The van der Waals surface area contributed by atoms with Crippen molar-refractivity contribution in [1.82, 2.24) is 0 Å². The molecule has 0 atom stereocenters. The first-order valence-corrected chi connectivity index (χ1v) is 8.23. The van der Waals surface area contributed by atoms with Crippen LogP contribution in [0.3, 0.4) is 0 Å². The summed E-state index contributed by atoms with van der Waals surface area (Å²) in [5.41, 5.74) is 2.04. The molecule has 3 nitrogen and oxygen atoms in total. The number of rotatable bonds is 8. The van der Waals surface area contributed by atoms with Crippen LogP contribution in [-0.4, -0.2) is 13.0 Å². The zero-order chi connectivity index (χ0) is 16.5. The van der Waals surface area contributed by atoms with E-state index < -0.39 is 0 Å². The summed E-state index contributed by atoms with van der Waals surface area (Å²) in [4.78, 5) is 14.5. The molecule has 1 amide bonds. The van der Waals surface area contributed by atoms with Crippen LogP contribution in [0.4, 0.5) is 5.69 Å². The molecule has 0 saturated carbocycles. The Balaban J connectivity index is 2.17. The third-order valence-electron chi connectivity index (χ3n) is 3.86. The molecule has 0 aromatic heterocycles. The van der Waals surface area contributed by atoms with Gasteiger partial charge in [0, 0.05) is 12.1 Å². The number of carbonyl (C=O) groups excluding carboxylic acids is 1. The van der Waals surface area contributed by atoms with E-state index in [1.165, 1.54) is 0 Å². The van der Waals surface area contributed by atoms with Gasteiger partial charge >= 0.3 is 0 Å². The van der Waals surface area contributed by atoms with Gasteiger partial charge in [0.15, 0.2) is 0 Å². The Morgan fingerprint density at radius 1 is 1.00 bits per heavy atom. The van der Waals surface area contributed by atoms with Crippen LogP contribution in [0.15, 0.2) is 54.6 Å². The topological polar surface area (TPSA) is 29.5 Å². The van der Waals surface area contributed by atoms with Gasteiger partial charge in [-0.1, -0.05) is 50.1 Å². The fourth-order valence-corrected chi connectivity index (χ4v) is 2.51. The fraction of sp³-hybridized carbons (Fsp3) is 0.350. The van der Waals surface area contributed by atoms with Crippen LogP contribution in [0.25, 0.3) is 0 Å². The largest absolute Gasteiger partial charge is 0.497 e. The quantitative estimate of drug-likeness (QED) is 0.655. The second-order valence-electron chi connectivity index (χ2n) is 5.62. The van der Waals surface area contributed by atoms with Crippen LogP contribution < -0.4 is 9.64 Å². The van der Waals surface area contributed by atoms with Gasteiger partial charge in [-0.05, 0) is 36.2 Å². The molecule has 122 valence electrons. The first kappa shape index (κ1) is 17.1. The van der Waals surface area contributed by atoms with Crippen LogP contribution in [0.1, 0.15) is 38.2 Å². The summed E-state index contributed by atoms with van der Waals surface area (Å²) in [5.74, 6) is 0.972. The minimum atomic E-state index is 0.174. The maximum atomic E-state index is 12.7. The van der Waals surface area contributed by atoms with Crippen molar-refractivity contribution >= 4 is 11.6 Å². The van der Waals surface area contributed by atoms with Crippen molar-refractivity contribution in [3.05, 3.63) is 60.2 Å². The van der Waals surface area contributed by atoms with E-state index in [-0.39, 0.29) is 5.91 Å². The Labute approximate surface area is 138 Å². The number of hydrogen-bond acceptors (Lipinski definition) is 2.